The monoisotopic (exact) mass is 132 g/mol. The summed E-state index contributed by atoms with van der Waals surface area (Å²) in [6, 6.07) is 0. The predicted octanol–water partition coefficient (Wildman–Crippen LogP) is -1.08. The fraction of sp³-hybridized carbons (Fsp3) is 0.800. The first-order valence-corrected chi connectivity index (χ1v) is 2.71. The van der Waals surface area contributed by atoms with Gasteiger partial charge in [-0.15, -0.1) is 0 Å². The number of ether oxygens (including phenoxy) is 2. The van der Waals surface area contributed by atoms with E-state index in [0.717, 1.165) is 0 Å². The lowest BCUT2D eigenvalue weighted by molar-refractivity contribution is -0.170. The molecule has 1 unspecified atom stereocenters. The van der Waals surface area contributed by atoms with Gasteiger partial charge in [-0.05, 0) is 0 Å². The Morgan fingerprint density at radius 1 is 1.78 bits per heavy atom. The quantitative estimate of drug-likeness (QED) is 0.461. The second-order valence-electron chi connectivity index (χ2n) is 1.80. The molecule has 0 saturated carbocycles. The van der Waals surface area contributed by atoms with Crippen molar-refractivity contribution >= 4 is 5.97 Å². The molecule has 0 spiro atoms. The number of hydrogen-bond donors (Lipinski definition) is 1. The zero-order valence-corrected chi connectivity index (χ0v) is 4.87. The Kier molecular flexibility index (Phi) is 2.02. The average Bonchev–Trinajstić information content (AvgIpc) is 1.90. The van der Waals surface area contributed by atoms with E-state index in [-0.39, 0.29) is 31.9 Å². The van der Waals surface area contributed by atoms with Gasteiger partial charge in [0.1, 0.15) is 19.3 Å². The summed E-state index contributed by atoms with van der Waals surface area (Å²) < 4.78 is 9.37. The Bertz CT molecular complexity index is 102. The van der Waals surface area contributed by atoms with E-state index in [0.29, 0.717) is 0 Å². The minimum Gasteiger partial charge on any atom is -0.461 e. The predicted molar refractivity (Wildman–Crippen MR) is 27.8 cm³/mol. The van der Waals surface area contributed by atoms with Crippen LogP contribution in [-0.4, -0.2) is 37.0 Å². The molecule has 1 saturated heterocycles. The normalized spacial score (nSPS) is 27.7. The molecule has 0 aromatic rings. The molecule has 1 fully saturated rings. The molecule has 4 nitrogen and oxygen atoms in total. The maximum Gasteiger partial charge on any atom is 0.332 e. The molecule has 0 amide bonds. The molecule has 9 heavy (non-hydrogen) atoms. The SMILES string of the molecule is O=C1COC(CO)CO1. The standard InChI is InChI=1S/C5H8O4/c6-1-4-2-9-5(7)3-8-4/h4,6H,1-3H2. The van der Waals surface area contributed by atoms with Gasteiger partial charge in [-0.3, -0.25) is 0 Å². The van der Waals surface area contributed by atoms with E-state index in [4.69, 9.17) is 9.84 Å². The van der Waals surface area contributed by atoms with E-state index < -0.39 is 0 Å². The van der Waals surface area contributed by atoms with Gasteiger partial charge in [0.2, 0.25) is 0 Å². The van der Waals surface area contributed by atoms with Crippen molar-refractivity contribution in [3.8, 4) is 0 Å². The number of carbonyl (C=O) groups excluding carboxylic acids is 1. The summed E-state index contributed by atoms with van der Waals surface area (Å²) in [7, 11) is 0. The van der Waals surface area contributed by atoms with Gasteiger partial charge in [-0.25, -0.2) is 4.79 Å². The molecule has 1 aliphatic heterocycles. The highest BCUT2D eigenvalue weighted by Gasteiger charge is 2.18. The fourth-order valence-corrected chi connectivity index (χ4v) is 0.567. The topological polar surface area (TPSA) is 55.8 Å². The third kappa shape index (κ3) is 1.65. The van der Waals surface area contributed by atoms with Crippen LogP contribution in [-0.2, 0) is 14.3 Å². The van der Waals surface area contributed by atoms with Crippen LogP contribution in [0.2, 0.25) is 0 Å². The van der Waals surface area contributed by atoms with Crippen LogP contribution in [0, 0.1) is 0 Å². The van der Waals surface area contributed by atoms with Gasteiger partial charge in [0.25, 0.3) is 0 Å². The molecule has 1 N–H and O–H groups in total. The Balaban J connectivity index is 2.26. The van der Waals surface area contributed by atoms with E-state index >= 15 is 0 Å². The van der Waals surface area contributed by atoms with Gasteiger partial charge >= 0.3 is 5.97 Å². The van der Waals surface area contributed by atoms with Crippen LogP contribution in [0.4, 0.5) is 0 Å². The highest BCUT2D eigenvalue weighted by molar-refractivity contribution is 5.71. The van der Waals surface area contributed by atoms with Crippen molar-refractivity contribution in [3.63, 3.8) is 0 Å². The smallest absolute Gasteiger partial charge is 0.332 e. The summed E-state index contributed by atoms with van der Waals surface area (Å²) >= 11 is 0. The van der Waals surface area contributed by atoms with E-state index in [1.165, 1.54) is 0 Å². The highest BCUT2D eigenvalue weighted by atomic mass is 16.6. The molecular formula is C5H8O4. The van der Waals surface area contributed by atoms with Crippen LogP contribution < -0.4 is 0 Å². The van der Waals surface area contributed by atoms with E-state index in [1.54, 1.807) is 0 Å². The summed E-state index contributed by atoms with van der Waals surface area (Å²) in [6.45, 7) is 0.0494. The number of cyclic esters (lactones) is 1. The molecule has 0 radical (unpaired) electrons. The Hall–Kier alpha value is -0.610. The Morgan fingerprint density at radius 3 is 3.00 bits per heavy atom. The van der Waals surface area contributed by atoms with Gasteiger partial charge in [0.15, 0.2) is 0 Å². The lowest BCUT2D eigenvalue weighted by Crippen LogP contribution is -2.34. The second kappa shape index (κ2) is 2.80. The zero-order chi connectivity index (χ0) is 6.69. The molecule has 0 aromatic heterocycles. The van der Waals surface area contributed by atoms with Crippen LogP contribution in [0.3, 0.4) is 0 Å². The van der Waals surface area contributed by atoms with E-state index in [1.807, 2.05) is 0 Å². The van der Waals surface area contributed by atoms with Crippen molar-refractivity contribution in [2.75, 3.05) is 19.8 Å². The molecule has 1 rings (SSSR count). The van der Waals surface area contributed by atoms with Crippen molar-refractivity contribution in [1.29, 1.82) is 0 Å². The first-order valence-electron chi connectivity index (χ1n) is 2.71. The Morgan fingerprint density at radius 2 is 2.56 bits per heavy atom. The maximum absolute atomic E-state index is 10.3. The molecule has 0 aromatic carbocycles. The minimum atomic E-state index is -0.361. The average molecular weight is 132 g/mol. The third-order valence-electron chi connectivity index (χ3n) is 1.07. The first kappa shape index (κ1) is 6.51. The minimum absolute atomic E-state index is 0.0365. The van der Waals surface area contributed by atoms with Gasteiger partial charge in [0.05, 0.1) is 6.61 Å². The van der Waals surface area contributed by atoms with Gasteiger partial charge in [0, 0.05) is 0 Å². The highest BCUT2D eigenvalue weighted by Crippen LogP contribution is 1.99. The van der Waals surface area contributed by atoms with E-state index in [2.05, 4.69) is 4.74 Å². The molecule has 0 bridgehead atoms. The van der Waals surface area contributed by atoms with Crippen LogP contribution >= 0.6 is 0 Å². The van der Waals surface area contributed by atoms with Gasteiger partial charge in [-0.1, -0.05) is 0 Å². The zero-order valence-electron chi connectivity index (χ0n) is 4.87. The van der Waals surface area contributed by atoms with Crippen molar-refractivity contribution in [1.82, 2.24) is 0 Å². The van der Waals surface area contributed by atoms with Crippen LogP contribution in [0.1, 0.15) is 0 Å². The van der Waals surface area contributed by atoms with Crippen LogP contribution in [0.25, 0.3) is 0 Å². The van der Waals surface area contributed by atoms with Crippen molar-refractivity contribution in [2.24, 2.45) is 0 Å². The molecule has 1 atom stereocenters. The molecular weight excluding hydrogens is 124 g/mol. The molecule has 4 heteroatoms. The number of hydrogen-bond acceptors (Lipinski definition) is 4. The number of aliphatic hydroxyl groups excluding tert-OH is 1. The number of carbonyl (C=O) groups is 1. The van der Waals surface area contributed by atoms with Crippen LogP contribution in [0.15, 0.2) is 0 Å². The second-order valence-corrected chi connectivity index (χ2v) is 1.80. The number of esters is 1. The summed E-state index contributed by atoms with van der Waals surface area (Å²) in [6.07, 6.45) is -0.317. The summed E-state index contributed by atoms with van der Waals surface area (Å²) in [5.74, 6) is -0.361. The fourth-order valence-electron chi connectivity index (χ4n) is 0.567. The number of aliphatic hydroxyl groups is 1. The summed E-state index contributed by atoms with van der Waals surface area (Å²) in [4.78, 5) is 10.3. The summed E-state index contributed by atoms with van der Waals surface area (Å²) in [5, 5.41) is 8.46. The lowest BCUT2D eigenvalue weighted by Gasteiger charge is -2.19. The van der Waals surface area contributed by atoms with E-state index in [9.17, 15) is 4.79 Å². The molecule has 52 valence electrons. The number of rotatable bonds is 1. The van der Waals surface area contributed by atoms with Gasteiger partial charge in [-0.2, -0.15) is 0 Å². The molecule has 1 heterocycles. The summed E-state index contributed by atoms with van der Waals surface area (Å²) in [5.41, 5.74) is 0. The van der Waals surface area contributed by atoms with Crippen molar-refractivity contribution in [2.45, 2.75) is 6.10 Å². The van der Waals surface area contributed by atoms with Crippen molar-refractivity contribution in [3.05, 3.63) is 0 Å². The van der Waals surface area contributed by atoms with Crippen molar-refractivity contribution < 1.29 is 19.4 Å². The Labute approximate surface area is 52.4 Å². The molecule has 0 aliphatic carbocycles. The maximum atomic E-state index is 10.3. The van der Waals surface area contributed by atoms with Gasteiger partial charge < -0.3 is 14.6 Å². The third-order valence-corrected chi connectivity index (χ3v) is 1.07. The molecule has 1 aliphatic rings. The largest absolute Gasteiger partial charge is 0.461 e. The first-order chi connectivity index (χ1) is 4.33. The van der Waals surface area contributed by atoms with Crippen LogP contribution in [0.5, 0.6) is 0 Å². The lowest BCUT2D eigenvalue weighted by atomic mass is 10.4.